The molecule has 5 nitrogen and oxygen atoms in total. The average molecular weight is 289 g/mol. The fourth-order valence-electron chi connectivity index (χ4n) is 3.37. The molecule has 0 bridgehead atoms. The summed E-state index contributed by atoms with van der Waals surface area (Å²) in [5.41, 5.74) is 0.973. The van der Waals surface area contributed by atoms with Crippen molar-refractivity contribution in [2.45, 2.75) is 32.1 Å². The van der Waals surface area contributed by atoms with Gasteiger partial charge in [0.15, 0.2) is 0 Å². The molecule has 2 heterocycles. The number of carbonyl (C=O) groups is 1. The molecule has 0 spiro atoms. The van der Waals surface area contributed by atoms with Crippen LogP contribution in [0.15, 0.2) is 18.6 Å². The lowest BCUT2D eigenvalue weighted by molar-refractivity contribution is -0.135. The van der Waals surface area contributed by atoms with Gasteiger partial charge >= 0.3 is 0 Å². The zero-order valence-electron chi connectivity index (χ0n) is 12.4. The summed E-state index contributed by atoms with van der Waals surface area (Å²) in [7, 11) is 0. The molecule has 114 valence electrons. The first-order valence-electron chi connectivity index (χ1n) is 7.94. The standard InChI is InChI=1S/C16H23N3O2/c20-16(14-3-1-2-4-14)19-7-8-21-12-13(11-19)9-15-10-17-5-6-18-15/h5-6,10,13-14H,1-4,7-9,11-12H2/t13-/m1/s1. The van der Waals surface area contributed by atoms with Crippen LogP contribution < -0.4 is 0 Å². The van der Waals surface area contributed by atoms with Crippen LogP contribution in [-0.4, -0.2) is 47.1 Å². The lowest BCUT2D eigenvalue weighted by Gasteiger charge is -2.26. The number of hydrogen-bond donors (Lipinski definition) is 0. The van der Waals surface area contributed by atoms with Crippen LogP contribution in [0, 0.1) is 11.8 Å². The Labute approximate surface area is 125 Å². The van der Waals surface area contributed by atoms with Gasteiger partial charge in [0.25, 0.3) is 0 Å². The Morgan fingerprint density at radius 1 is 1.33 bits per heavy atom. The molecule has 1 aromatic heterocycles. The van der Waals surface area contributed by atoms with Crippen molar-refractivity contribution in [3.05, 3.63) is 24.3 Å². The number of amides is 1. The van der Waals surface area contributed by atoms with Crippen molar-refractivity contribution < 1.29 is 9.53 Å². The highest BCUT2D eigenvalue weighted by Gasteiger charge is 2.30. The van der Waals surface area contributed by atoms with Gasteiger partial charge in [-0.1, -0.05) is 12.8 Å². The molecule has 3 rings (SSSR count). The molecule has 0 unspecified atom stereocenters. The highest BCUT2D eigenvalue weighted by Crippen LogP contribution is 2.27. The van der Waals surface area contributed by atoms with Crippen LogP contribution in [0.5, 0.6) is 0 Å². The zero-order valence-corrected chi connectivity index (χ0v) is 12.4. The van der Waals surface area contributed by atoms with Crippen LogP contribution in [0.4, 0.5) is 0 Å². The summed E-state index contributed by atoms with van der Waals surface area (Å²) < 4.78 is 5.68. The monoisotopic (exact) mass is 289 g/mol. The molecule has 21 heavy (non-hydrogen) atoms. The maximum atomic E-state index is 12.6. The molecular weight excluding hydrogens is 266 g/mol. The minimum Gasteiger partial charge on any atom is -0.379 e. The van der Waals surface area contributed by atoms with Gasteiger partial charge in [-0.25, -0.2) is 0 Å². The molecular formula is C16H23N3O2. The second kappa shape index (κ2) is 6.98. The Kier molecular flexibility index (Phi) is 4.80. The number of hydrogen-bond acceptors (Lipinski definition) is 4. The van der Waals surface area contributed by atoms with Crippen molar-refractivity contribution in [1.82, 2.24) is 14.9 Å². The first-order valence-corrected chi connectivity index (χ1v) is 7.94. The summed E-state index contributed by atoms with van der Waals surface area (Å²) in [6.07, 6.45) is 10.5. The van der Waals surface area contributed by atoms with Gasteiger partial charge in [-0.2, -0.15) is 0 Å². The first kappa shape index (κ1) is 14.4. The fourth-order valence-corrected chi connectivity index (χ4v) is 3.37. The smallest absolute Gasteiger partial charge is 0.225 e. The Hall–Kier alpha value is -1.49. The minimum absolute atomic E-state index is 0.250. The van der Waals surface area contributed by atoms with E-state index in [1.165, 1.54) is 12.8 Å². The summed E-state index contributed by atoms with van der Waals surface area (Å²) >= 11 is 0. The van der Waals surface area contributed by atoms with E-state index in [4.69, 9.17) is 4.74 Å². The van der Waals surface area contributed by atoms with Gasteiger partial charge in [0.05, 0.1) is 18.9 Å². The van der Waals surface area contributed by atoms with E-state index in [-0.39, 0.29) is 5.92 Å². The molecule has 1 aliphatic heterocycles. The van der Waals surface area contributed by atoms with Crippen molar-refractivity contribution >= 4 is 5.91 Å². The number of aromatic nitrogens is 2. The summed E-state index contributed by atoms with van der Waals surface area (Å²) in [4.78, 5) is 23.0. The Morgan fingerprint density at radius 3 is 2.95 bits per heavy atom. The van der Waals surface area contributed by atoms with Crippen LogP contribution in [0.3, 0.4) is 0 Å². The largest absolute Gasteiger partial charge is 0.379 e. The maximum absolute atomic E-state index is 12.6. The molecule has 0 radical (unpaired) electrons. The lowest BCUT2D eigenvalue weighted by Crippen LogP contribution is -2.39. The van der Waals surface area contributed by atoms with Crippen LogP contribution in [-0.2, 0) is 16.0 Å². The molecule has 1 aromatic rings. The SMILES string of the molecule is O=C(C1CCCC1)N1CCOC[C@H](Cc2cnccn2)C1. The van der Waals surface area contributed by atoms with Gasteiger partial charge in [0.2, 0.25) is 5.91 Å². The Balaban J connectivity index is 1.61. The van der Waals surface area contributed by atoms with Crippen LogP contribution in [0.25, 0.3) is 0 Å². The molecule has 0 N–H and O–H groups in total. The molecule has 5 heteroatoms. The quantitative estimate of drug-likeness (QED) is 0.849. The van der Waals surface area contributed by atoms with Crippen molar-refractivity contribution in [3.8, 4) is 0 Å². The van der Waals surface area contributed by atoms with Gasteiger partial charge < -0.3 is 9.64 Å². The summed E-state index contributed by atoms with van der Waals surface area (Å²) in [5, 5.41) is 0. The summed E-state index contributed by atoms with van der Waals surface area (Å²) in [6.45, 7) is 2.86. The van der Waals surface area contributed by atoms with E-state index in [1.807, 2.05) is 4.90 Å². The molecule has 1 saturated heterocycles. The molecule has 1 amide bonds. The van der Waals surface area contributed by atoms with Crippen LogP contribution in [0.2, 0.25) is 0 Å². The third-order valence-corrected chi connectivity index (χ3v) is 4.47. The highest BCUT2D eigenvalue weighted by molar-refractivity contribution is 5.79. The number of ether oxygens (including phenoxy) is 1. The third kappa shape index (κ3) is 3.79. The molecule has 2 fully saturated rings. The Bertz CT molecular complexity index is 460. The van der Waals surface area contributed by atoms with Crippen LogP contribution >= 0.6 is 0 Å². The van der Waals surface area contributed by atoms with Crippen LogP contribution in [0.1, 0.15) is 31.4 Å². The normalized spacial score (nSPS) is 24.0. The van der Waals surface area contributed by atoms with Gasteiger partial charge in [-0.3, -0.25) is 14.8 Å². The first-order chi connectivity index (χ1) is 10.3. The summed E-state index contributed by atoms with van der Waals surface area (Å²) in [5.74, 6) is 0.900. The molecule has 1 atom stereocenters. The zero-order chi connectivity index (χ0) is 14.5. The van der Waals surface area contributed by atoms with Crippen molar-refractivity contribution in [1.29, 1.82) is 0 Å². The number of rotatable bonds is 3. The third-order valence-electron chi connectivity index (χ3n) is 4.47. The van der Waals surface area contributed by atoms with E-state index in [0.717, 1.165) is 38.0 Å². The molecule has 0 aromatic carbocycles. The topological polar surface area (TPSA) is 55.3 Å². The van der Waals surface area contributed by atoms with Gasteiger partial charge in [-0.15, -0.1) is 0 Å². The molecule has 1 aliphatic carbocycles. The number of carbonyl (C=O) groups excluding carboxylic acids is 1. The average Bonchev–Trinajstić information content (AvgIpc) is 2.95. The van der Waals surface area contributed by atoms with E-state index in [0.29, 0.717) is 25.0 Å². The van der Waals surface area contributed by atoms with Gasteiger partial charge in [-0.05, 0) is 19.3 Å². The second-order valence-corrected chi connectivity index (χ2v) is 6.11. The van der Waals surface area contributed by atoms with Gasteiger partial charge in [0.1, 0.15) is 0 Å². The van der Waals surface area contributed by atoms with Crippen molar-refractivity contribution in [3.63, 3.8) is 0 Å². The highest BCUT2D eigenvalue weighted by atomic mass is 16.5. The fraction of sp³-hybridized carbons (Fsp3) is 0.688. The van der Waals surface area contributed by atoms with E-state index in [2.05, 4.69) is 9.97 Å². The van der Waals surface area contributed by atoms with E-state index in [1.54, 1.807) is 18.6 Å². The molecule has 1 saturated carbocycles. The lowest BCUT2D eigenvalue weighted by atomic mass is 10.0. The Morgan fingerprint density at radius 2 is 2.19 bits per heavy atom. The predicted molar refractivity (Wildman–Crippen MR) is 78.6 cm³/mol. The van der Waals surface area contributed by atoms with E-state index in [9.17, 15) is 4.79 Å². The van der Waals surface area contributed by atoms with Crippen molar-refractivity contribution in [2.24, 2.45) is 11.8 Å². The van der Waals surface area contributed by atoms with E-state index >= 15 is 0 Å². The second-order valence-electron chi connectivity index (χ2n) is 6.11. The van der Waals surface area contributed by atoms with Gasteiger partial charge in [0, 0.05) is 43.5 Å². The van der Waals surface area contributed by atoms with E-state index < -0.39 is 0 Å². The predicted octanol–water partition coefficient (Wildman–Crippen LogP) is 1.68. The minimum atomic E-state index is 0.250. The maximum Gasteiger partial charge on any atom is 0.225 e. The molecule has 2 aliphatic rings. The summed E-state index contributed by atoms with van der Waals surface area (Å²) in [6, 6.07) is 0. The number of nitrogens with zero attached hydrogens (tertiary/aromatic N) is 3. The van der Waals surface area contributed by atoms with Crippen molar-refractivity contribution in [2.75, 3.05) is 26.3 Å².